The average Bonchev–Trinajstić information content (AvgIpc) is 3.01. The second kappa shape index (κ2) is 5.01. The summed E-state index contributed by atoms with van der Waals surface area (Å²) in [5, 5.41) is 0. The Kier molecular flexibility index (Phi) is 3.33. The Morgan fingerprint density at radius 3 is 2.80 bits per heavy atom. The molecule has 106 valence electrons. The number of aromatic nitrogens is 2. The molecule has 1 fully saturated rings. The average molecular weight is 293 g/mol. The minimum atomic E-state index is -0.272. The van der Waals surface area contributed by atoms with Crippen molar-refractivity contribution in [1.82, 2.24) is 14.5 Å². The molecular formula is C14H16FN3OS. The Bertz CT molecular complexity index is 728. The smallest absolute Gasteiger partial charge is 0.242 e. The number of nitrogens with zero attached hydrogens (tertiary/aromatic N) is 2. The van der Waals surface area contributed by atoms with Crippen LogP contribution in [0, 0.1) is 17.5 Å². The number of hydrogen-bond donors (Lipinski definition) is 1. The van der Waals surface area contributed by atoms with E-state index in [0.29, 0.717) is 15.9 Å². The molecule has 0 spiro atoms. The van der Waals surface area contributed by atoms with Gasteiger partial charge in [0.2, 0.25) is 5.91 Å². The fourth-order valence-corrected chi connectivity index (χ4v) is 2.91. The zero-order valence-corrected chi connectivity index (χ0v) is 12.1. The number of imidazole rings is 1. The van der Waals surface area contributed by atoms with Crippen LogP contribution in [0.15, 0.2) is 12.1 Å². The summed E-state index contributed by atoms with van der Waals surface area (Å²) in [7, 11) is 0. The van der Waals surface area contributed by atoms with E-state index in [1.165, 1.54) is 6.07 Å². The predicted octanol–water partition coefficient (Wildman–Crippen LogP) is 2.77. The van der Waals surface area contributed by atoms with Gasteiger partial charge in [0.25, 0.3) is 0 Å². The Morgan fingerprint density at radius 1 is 1.40 bits per heavy atom. The van der Waals surface area contributed by atoms with Crippen LogP contribution >= 0.6 is 12.2 Å². The summed E-state index contributed by atoms with van der Waals surface area (Å²) < 4.78 is 15.8. The summed E-state index contributed by atoms with van der Waals surface area (Å²) in [6.45, 7) is 3.56. The van der Waals surface area contributed by atoms with Gasteiger partial charge in [0, 0.05) is 13.1 Å². The minimum Gasteiger partial charge on any atom is -0.341 e. The highest BCUT2D eigenvalue weighted by Gasteiger charge is 2.19. The molecule has 20 heavy (non-hydrogen) atoms. The van der Waals surface area contributed by atoms with Gasteiger partial charge in [-0.25, -0.2) is 4.39 Å². The van der Waals surface area contributed by atoms with Crippen LogP contribution in [-0.4, -0.2) is 33.4 Å². The molecule has 0 unspecified atom stereocenters. The maximum Gasteiger partial charge on any atom is 0.242 e. The summed E-state index contributed by atoms with van der Waals surface area (Å²) >= 11 is 5.25. The molecule has 1 aliphatic rings. The van der Waals surface area contributed by atoms with E-state index in [-0.39, 0.29) is 18.3 Å². The van der Waals surface area contributed by atoms with Crippen LogP contribution in [0.1, 0.15) is 18.4 Å². The van der Waals surface area contributed by atoms with Gasteiger partial charge in [0.05, 0.1) is 11.0 Å². The third-order valence-corrected chi connectivity index (χ3v) is 4.13. The Labute approximate surface area is 121 Å². The van der Waals surface area contributed by atoms with Gasteiger partial charge in [-0.1, -0.05) is 0 Å². The first-order valence-electron chi connectivity index (χ1n) is 6.72. The maximum atomic E-state index is 13.6. The van der Waals surface area contributed by atoms with E-state index in [1.807, 2.05) is 4.90 Å². The number of amides is 1. The zero-order chi connectivity index (χ0) is 14.3. The van der Waals surface area contributed by atoms with E-state index in [1.54, 1.807) is 17.6 Å². The molecule has 3 rings (SSSR count). The van der Waals surface area contributed by atoms with Gasteiger partial charge in [-0.3, -0.25) is 4.79 Å². The SMILES string of the molecule is Cc1cc2c(cc1F)[nH]c(=S)n2CC(=O)N1CCCC1. The van der Waals surface area contributed by atoms with Crippen molar-refractivity contribution in [2.75, 3.05) is 13.1 Å². The Hall–Kier alpha value is -1.69. The highest BCUT2D eigenvalue weighted by atomic mass is 32.1. The first kappa shape index (κ1) is 13.3. The first-order valence-corrected chi connectivity index (χ1v) is 7.13. The van der Waals surface area contributed by atoms with Gasteiger partial charge in [0.1, 0.15) is 12.4 Å². The molecule has 1 aromatic heterocycles. The Morgan fingerprint density at radius 2 is 2.10 bits per heavy atom. The van der Waals surface area contributed by atoms with Crippen LogP contribution in [0.25, 0.3) is 11.0 Å². The Balaban J connectivity index is 1.98. The number of aryl methyl sites for hydroxylation is 1. The lowest BCUT2D eigenvalue weighted by atomic mass is 10.2. The number of benzene rings is 1. The second-order valence-electron chi connectivity index (χ2n) is 5.22. The highest BCUT2D eigenvalue weighted by Crippen LogP contribution is 2.19. The number of hydrogen-bond acceptors (Lipinski definition) is 2. The normalized spacial score (nSPS) is 15.2. The third kappa shape index (κ3) is 2.24. The number of halogens is 1. The molecular weight excluding hydrogens is 277 g/mol. The van der Waals surface area contributed by atoms with Crippen molar-refractivity contribution in [3.05, 3.63) is 28.3 Å². The molecule has 2 heterocycles. The van der Waals surface area contributed by atoms with Gasteiger partial charge >= 0.3 is 0 Å². The van der Waals surface area contributed by atoms with E-state index in [9.17, 15) is 9.18 Å². The summed E-state index contributed by atoms with van der Waals surface area (Å²) in [5.41, 5.74) is 1.96. The molecule has 0 atom stereocenters. The number of rotatable bonds is 2. The molecule has 0 bridgehead atoms. The highest BCUT2D eigenvalue weighted by molar-refractivity contribution is 7.71. The lowest BCUT2D eigenvalue weighted by molar-refractivity contribution is -0.130. The quantitative estimate of drug-likeness (QED) is 0.865. The minimum absolute atomic E-state index is 0.0708. The number of H-pyrrole nitrogens is 1. The van der Waals surface area contributed by atoms with Crippen molar-refractivity contribution in [2.45, 2.75) is 26.3 Å². The van der Waals surface area contributed by atoms with Crippen LogP contribution in [-0.2, 0) is 11.3 Å². The van der Waals surface area contributed by atoms with Crippen LogP contribution in [0.4, 0.5) is 4.39 Å². The number of aromatic amines is 1. The summed E-state index contributed by atoms with van der Waals surface area (Å²) in [6, 6.07) is 3.16. The van der Waals surface area contributed by atoms with E-state index in [4.69, 9.17) is 12.2 Å². The van der Waals surface area contributed by atoms with Crippen LogP contribution in [0.3, 0.4) is 0 Å². The molecule has 1 saturated heterocycles. The fourth-order valence-electron chi connectivity index (χ4n) is 2.64. The lowest BCUT2D eigenvalue weighted by Crippen LogP contribution is -2.31. The molecule has 1 aliphatic heterocycles. The van der Waals surface area contributed by atoms with Crippen molar-refractivity contribution in [3.63, 3.8) is 0 Å². The van der Waals surface area contributed by atoms with E-state index >= 15 is 0 Å². The molecule has 4 nitrogen and oxygen atoms in total. The van der Waals surface area contributed by atoms with Crippen LogP contribution in [0.5, 0.6) is 0 Å². The third-order valence-electron chi connectivity index (χ3n) is 3.81. The second-order valence-corrected chi connectivity index (χ2v) is 5.61. The van der Waals surface area contributed by atoms with E-state index in [2.05, 4.69) is 4.98 Å². The molecule has 0 radical (unpaired) electrons. The van der Waals surface area contributed by atoms with E-state index < -0.39 is 0 Å². The summed E-state index contributed by atoms with van der Waals surface area (Å²) in [4.78, 5) is 17.0. The molecule has 1 N–H and O–H groups in total. The molecule has 1 amide bonds. The van der Waals surface area contributed by atoms with Crippen molar-refractivity contribution in [1.29, 1.82) is 0 Å². The topological polar surface area (TPSA) is 41.0 Å². The summed E-state index contributed by atoms with van der Waals surface area (Å²) in [6.07, 6.45) is 2.13. The van der Waals surface area contributed by atoms with Crippen molar-refractivity contribution >= 4 is 29.2 Å². The lowest BCUT2D eigenvalue weighted by Gasteiger charge is -2.15. The van der Waals surface area contributed by atoms with Gasteiger partial charge in [0.15, 0.2) is 4.77 Å². The van der Waals surface area contributed by atoms with Crippen LogP contribution < -0.4 is 0 Å². The van der Waals surface area contributed by atoms with Crippen molar-refractivity contribution in [2.24, 2.45) is 0 Å². The molecule has 6 heteroatoms. The van der Waals surface area contributed by atoms with E-state index in [0.717, 1.165) is 31.4 Å². The molecule has 1 aromatic carbocycles. The van der Waals surface area contributed by atoms with Crippen molar-refractivity contribution < 1.29 is 9.18 Å². The van der Waals surface area contributed by atoms with Gasteiger partial charge < -0.3 is 14.5 Å². The number of fused-ring (bicyclic) bond motifs is 1. The monoisotopic (exact) mass is 293 g/mol. The molecule has 0 aliphatic carbocycles. The largest absolute Gasteiger partial charge is 0.341 e. The van der Waals surface area contributed by atoms with Gasteiger partial charge in [-0.05, 0) is 49.7 Å². The fraction of sp³-hybridized carbons (Fsp3) is 0.429. The summed E-state index contributed by atoms with van der Waals surface area (Å²) in [5.74, 6) is -0.201. The predicted molar refractivity (Wildman–Crippen MR) is 77.6 cm³/mol. The number of likely N-dealkylation sites (tertiary alicyclic amines) is 1. The van der Waals surface area contributed by atoms with Crippen molar-refractivity contribution in [3.8, 4) is 0 Å². The zero-order valence-electron chi connectivity index (χ0n) is 11.3. The van der Waals surface area contributed by atoms with Gasteiger partial charge in [-0.2, -0.15) is 0 Å². The maximum absolute atomic E-state index is 13.6. The van der Waals surface area contributed by atoms with Gasteiger partial charge in [-0.15, -0.1) is 0 Å². The standard InChI is InChI=1S/C14H16FN3OS/c1-9-6-12-11(7-10(9)15)16-14(20)18(12)8-13(19)17-4-2-3-5-17/h6-7H,2-5,8H2,1H3,(H,16,20). The number of nitrogens with one attached hydrogen (secondary N) is 1. The molecule has 2 aromatic rings. The number of carbonyl (C=O) groups is 1. The van der Waals surface area contributed by atoms with Crippen LogP contribution in [0.2, 0.25) is 0 Å². The number of carbonyl (C=O) groups excluding carboxylic acids is 1. The first-order chi connectivity index (χ1) is 9.56. The molecule has 0 saturated carbocycles.